The highest BCUT2D eigenvalue weighted by Crippen LogP contribution is 2.33. The van der Waals surface area contributed by atoms with E-state index in [0.29, 0.717) is 16.7 Å². The summed E-state index contributed by atoms with van der Waals surface area (Å²) in [5.41, 5.74) is 0.333. The zero-order chi connectivity index (χ0) is 24.0. The molecule has 0 radical (unpaired) electrons. The molecule has 4 aromatic rings. The van der Waals surface area contributed by atoms with Crippen molar-refractivity contribution in [1.29, 1.82) is 5.26 Å². The highest BCUT2D eigenvalue weighted by atomic mass is 32.2. The number of halogens is 3. The van der Waals surface area contributed by atoms with E-state index in [0.717, 1.165) is 6.07 Å². The summed E-state index contributed by atoms with van der Waals surface area (Å²) in [6.45, 7) is 1.48. The van der Waals surface area contributed by atoms with Crippen LogP contribution in [0.1, 0.15) is 18.2 Å². The van der Waals surface area contributed by atoms with Crippen LogP contribution >= 0.6 is 0 Å². The lowest BCUT2D eigenvalue weighted by Gasteiger charge is -2.11. The summed E-state index contributed by atoms with van der Waals surface area (Å²) in [7, 11) is -2.30. The van der Waals surface area contributed by atoms with Gasteiger partial charge in [0, 0.05) is 24.9 Å². The molecule has 0 saturated heterocycles. The second-order valence-corrected chi connectivity index (χ2v) is 9.34. The first kappa shape index (κ1) is 22.3. The molecule has 0 fully saturated rings. The molecular formula is C21H15F3N6O2S. The maximum atomic E-state index is 13.0. The number of alkyl halides is 3. The summed E-state index contributed by atoms with van der Waals surface area (Å²) in [5.74, 6) is -0.183. The number of hydrogen-bond acceptors (Lipinski definition) is 7. The Morgan fingerprint density at radius 1 is 1.09 bits per heavy atom. The standard InChI is InChI=1S/C21H15F3N6O2S/c1-3-33(31,32)16-8-14(13-6-4-12(10-25)5-7-13)11-26-18(16)20-27-15-9-17(21(22,23)24)28-29-19(15)30(20)2/h4-9,11H,3H2,1-2H3. The van der Waals surface area contributed by atoms with E-state index in [4.69, 9.17) is 5.26 Å². The fourth-order valence-electron chi connectivity index (χ4n) is 3.24. The van der Waals surface area contributed by atoms with Gasteiger partial charge in [-0.05, 0) is 23.8 Å². The first-order valence-corrected chi connectivity index (χ1v) is 11.2. The van der Waals surface area contributed by atoms with E-state index in [9.17, 15) is 21.6 Å². The van der Waals surface area contributed by atoms with Crippen LogP contribution in [0, 0.1) is 11.3 Å². The maximum Gasteiger partial charge on any atom is 0.435 e. The smallest absolute Gasteiger partial charge is 0.309 e. The zero-order valence-electron chi connectivity index (χ0n) is 17.3. The summed E-state index contributed by atoms with van der Waals surface area (Å²) in [5, 5.41) is 15.8. The second kappa shape index (κ2) is 7.93. The van der Waals surface area contributed by atoms with E-state index in [2.05, 4.69) is 20.2 Å². The number of rotatable bonds is 4. The van der Waals surface area contributed by atoms with Crippen LogP contribution in [-0.2, 0) is 23.1 Å². The zero-order valence-corrected chi connectivity index (χ0v) is 18.1. The van der Waals surface area contributed by atoms with Crippen LogP contribution < -0.4 is 0 Å². The summed E-state index contributed by atoms with van der Waals surface area (Å²) in [4.78, 5) is 8.38. The van der Waals surface area contributed by atoms with E-state index in [1.807, 2.05) is 6.07 Å². The number of aryl methyl sites for hydroxylation is 1. The predicted octanol–water partition coefficient (Wildman–Crippen LogP) is 3.78. The van der Waals surface area contributed by atoms with Crippen LogP contribution in [0.5, 0.6) is 0 Å². The molecule has 12 heteroatoms. The van der Waals surface area contributed by atoms with Gasteiger partial charge in [-0.3, -0.25) is 4.98 Å². The van der Waals surface area contributed by atoms with Gasteiger partial charge in [0.05, 0.1) is 22.3 Å². The van der Waals surface area contributed by atoms with E-state index in [-0.39, 0.29) is 33.3 Å². The Balaban J connectivity index is 1.92. The minimum absolute atomic E-state index is 0.0108. The molecule has 0 aliphatic rings. The molecule has 3 aromatic heterocycles. The van der Waals surface area contributed by atoms with Gasteiger partial charge >= 0.3 is 6.18 Å². The van der Waals surface area contributed by atoms with Crippen molar-refractivity contribution in [3.8, 4) is 28.7 Å². The highest BCUT2D eigenvalue weighted by molar-refractivity contribution is 7.91. The van der Waals surface area contributed by atoms with Crippen molar-refractivity contribution in [3.05, 3.63) is 53.9 Å². The maximum absolute atomic E-state index is 13.0. The third-order valence-electron chi connectivity index (χ3n) is 5.03. The van der Waals surface area contributed by atoms with Crippen LogP contribution in [0.15, 0.2) is 47.5 Å². The second-order valence-electron chi connectivity index (χ2n) is 7.09. The number of aromatic nitrogens is 5. The van der Waals surface area contributed by atoms with Crippen LogP contribution in [0.2, 0.25) is 0 Å². The molecule has 0 unspecified atom stereocenters. The first-order valence-electron chi connectivity index (χ1n) is 9.56. The van der Waals surface area contributed by atoms with Gasteiger partial charge in [-0.2, -0.15) is 18.4 Å². The largest absolute Gasteiger partial charge is 0.435 e. The van der Waals surface area contributed by atoms with Gasteiger partial charge in [-0.25, -0.2) is 13.4 Å². The molecule has 0 aliphatic carbocycles. The first-order chi connectivity index (χ1) is 15.5. The highest BCUT2D eigenvalue weighted by Gasteiger charge is 2.34. The molecule has 1 aromatic carbocycles. The van der Waals surface area contributed by atoms with Crippen LogP contribution in [0.25, 0.3) is 33.8 Å². The molecule has 3 heterocycles. The molecule has 0 saturated carbocycles. The lowest BCUT2D eigenvalue weighted by molar-refractivity contribution is -0.141. The quantitative estimate of drug-likeness (QED) is 0.444. The van der Waals surface area contributed by atoms with Crippen molar-refractivity contribution in [2.45, 2.75) is 18.0 Å². The Morgan fingerprint density at radius 3 is 2.39 bits per heavy atom. The van der Waals surface area contributed by atoms with Gasteiger partial charge in [0.25, 0.3) is 0 Å². The predicted molar refractivity (Wildman–Crippen MR) is 112 cm³/mol. The molecule has 0 bridgehead atoms. The number of imidazole rings is 1. The number of sulfone groups is 1. The van der Waals surface area contributed by atoms with Crippen LogP contribution in [-0.4, -0.2) is 38.9 Å². The Morgan fingerprint density at radius 2 is 1.79 bits per heavy atom. The van der Waals surface area contributed by atoms with Gasteiger partial charge in [0.2, 0.25) is 0 Å². The lowest BCUT2D eigenvalue weighted by atomic mass is 10.1. The van der Waals surface area contributed by atoms with Crippen molar-refractivity contribution < 1.29 is 21.6 Å². The van der Waals surface area contributed by atoms with Crippen molar-refractivity contribution >= 4 is 21.0 Å². The summed E-state index contributed by atoms with van der Waals surface area (Å²) in [6, 6.07) is 10.7. The number of pyridine rings is 1. The number of nitrogens with zero attached hydrogens (tertiary/aromatic N) is 6. The van der Waals surface area contributed by atoms with Crippen molar-refractivity contribution in [2.75, 3.05) is 5.75 Å². The Hall–Kier alpha value is -3.85. The third-order valence-corrected chi connectivity index (χ3v) is 6.78. The summed E-state index contributed by atoms with van der Waals surface area (Å²) in [6.07, 6.45) is -3.26. The van der Waals surface area contributed by atoms with Gasteiger partial charge in [0.1, 0.15) is 11.2 Å². The molecule has 0 amide bonds. The number of benzene rings is 1. The van der Waals surface area contributed by atoms with Crippen molar-refractivity contribution in [3.63, 3.8) is 0 Å². The lowest BCUT2D eigenvalue weighted by Crippen LogP contribution is -2.10. The fourth-order valence-corrected chi connectivity index (χ4v) is 4.29. The van der Waals surface area contributed by atoms with E-state index in [1.54, 1.807) is 24.3 Å². The van der Waals surface area contributed by atoms with Gasteiger partial charge in [-0.1, -0.05) is 19.1 Å². The van der Waals surface area contributed by atoms with Gasteiger partial charge in [0.15, 0.2) is 27.0 Å². The Kier molecular flexibility index (Phi) is 5.37. The summed E-state index contributed by atoms with van der Waals surface area (Å²) < 4.78 is 66.2. The van der Waals surface area contributed by atoms with Gasteiger partial charge < -0.3 is 4.57 Å². The normalized spacial score (nSPS) is 12.1. The van der Waals surface area contributed by atoms with Crippen LogP contribution in [0.3, 0.4) is 0 Å². The number of fused-ring (bicyclic) bond motifs is 1. The molecule has 0 aliphatic heterocycles. The Bertz CT molecular complexity index is 1520. The monoisotopic (exact) mass is 472 g/mol. The molecule has 33 heavy (non-hydrogen) atoms. The third kappa shape index (κ3) is 4.03. The minimum atomic E-state index is -4.70. The molecule has 8 nitrogen and oxygen atoms in total. The van der Waals surface area contributed by atoms with Gasteiger partial charge in [-0.15, -0.1) is 10.2 Å². The van der Waals surface area contributed by atoms with Crippen molar-refractivity contribution in [1.82, 2.24) is 24.7 Å². The molecule has 168 valence electrons. The molecule has 0 atom stereocenters. The van der Waals surface area contributed by atoms with E-state index >= 15 is 0 Å². The SMILES string of the molecule is CCS(=O)(=O)c1cc(-c2ccc(C#N)cc2)cnc1-c1nc2cc(C(F)(F)F)nnc2n1C. The topological polar surface area (TPSA) is 114 Å². The van der Waals surface area contributed by atoms with E-state index < -0.39 is 21.7 Å². The fraction of sp³-hybridized carbons (Fsp3) is 0.190. The van der Waals surface area contributed by atoms with Crippen molar-refractivity contribution in [2.24, 2.45) is 7.05 Å². The van der Waals surface area contributed by atoms with E-state index in [1.165, 1.54) is 30.8 Å². The minimum Gasteiger partial charge on any atom is -0.309 e. The Labute approximate surface area is 186 Å². The number of hydrogen-bond donors (Lipinski definition) is 0. The average Bonchev–Trinajstić information content (AvgIpc) is 3.14. The number of nitriles is 1. The van der Waals surface area contributed by atoms with Crippen LogP contribution in [0.4, 0.5) is 13.2 Å². The molecular weight excluding hydrogens is 457 g/mol. The molecule has 4 rings (SSSR count). The average molecular weight is 472 g/mol. The molecule has 0 spiro atoms. The summed E-state index contributed by atoms with van der Waals surface area (Å²) >= 11 is 0. The molecule has 0 N–H and O–H groups in total.